The number of hydrogen-bond acceptors (Lipinski definition) is 3. The van der Waals surface area contributed by atoms with Crippen LogP contribution in [0.3, 0.4) is 0 Å². The van der Waals surface area contributed by atoms with Crippen molar-refractivity contribution in [2.45, 2.75) is 45.7 Å². The van der Waals surface area contributed by atoms with Gasteiger partial charge in [-0.05, 0) is 69.9 Å². The van der Waals surface area contributed by atoms with Crippen LogP contribution in [0.15, 0.2) is 36.4 Å². The zero-order chi connectivity index (χ0) is 20.7. The Morgan fingerprint density at radius 1 is 0.929 bits per heavy atom. The molecule has 0 saturated carbocycles. The van der Waals surface area contributed by atoms with E-state index in [9.17, 15) is 18.0 Å². The van der Waals surface area contributed by atoms with Crippen LogP contribution in [-0.4, -0.2) is 19.0 Å². The van der Waals surface area contributed by atoms with Gasteiger partial charge < -0.3 is 9.47 Å². The molecule has 28 heavy (non-hydrogen) atoms. The van der Waals surface area contributed by atoms with Crippen molar-refractivity contribution in [1.29, 1.82) is 0 Å². The van der Waals surface area contributed by atoms with Gasteiger partial charge in [0.2, 0.25) is 0 Å². The lowest BCUT2D eigenvalue weighted by Gasteiger charge is -2.15. The van der Waals surface area contributed by atoms with Gasteiger partial charge >= 0.3 is 0 Å². The second-order valence-electron chi connectivity index (χ2n) is 7.05. The molecule has 0 saturated heterocycles. The highest BCUT2D eigenvalue weighted by Crippen LogP contribution is 2.26. The van der Waals surface area contributed by atoms with Gasteiger partial charge in [0, 0.05) is 0 Å². The molecule has 0 unspecified atom stereocenters. The third-order valence-electron chi connectivity index (χ3n) is 4.26. The highest BCUT2D eigenvalue weighted by atomic mass is 19.1. The van der Waals surface area contributed by atoms with Crippen molar-refractivity contribution < 1.29 is 27.4 Å². The van der Waals surface area contributed by atoms with Gasteiger partial charge in [-0.15, -0.1) is 0 Å². The predicted molar refractivity (Wildman–Crippen MR) is 102 cm³/mol. The number of halogens is 3. The summed E-state index contributed by atoms with van der Waals surface area (Å²) in [6.45, 7) is 4.86. The molecule has 2 aromatic carbocycles. The highest BCUT2D eigenvalue weighted by molar-refractivity contribution is 5.95. The molecule has 2 aromatic rings. The van der Waals surface area contributed by atoms with Crippen LogP contribution in [-0.2, 0) is 5.67 Å². The molecule has 0 aromatic heterocycles. The molecule has 0 aliphatic carbocycles. The van der Waals surface area contributed by atoms with Crippen LogP contribution in [0.4, 0.5) is 13.2 Å². The van der Waals surface area contributed by atoms with Gasteiger partial charge in [0.25, 0.3) is 0 Å². The minimum absolute atomic E-state index is 0.126. The lowest BCUT2D eigenvalue weighted by atomic mass is 10.0. The molecule has 0 radical (unpaired) electrons. The number of rotatable bonds is 10. The molecule has 0 N–H and O–H groups in total. The molecule has 0 aliphatic heterocycles. The van der Waals surface area contributed by atoms with E-state index in [1.54, 1.807) is 24.3 Å². The average Bonchev–Trinajstić information content (AvgIpc) is 2.62. The molecule has 0 bridgehead atoms. The maximum atomic E-state index is 14.1. The summed E-state index contributed by atoms with van der Waals surface area (Å²) in [7, 11) is 0. The number of unbranched alkanes of at least 4 members (excludes halogenated alkanes) is 2. The standard InChI is InChI=1S/C22H25F3O3/c1-15(26)20-18(23)11-12-19(21(20)24)28-14-6-4-5-13-27-17-9-7-16(8-10-17)22(2,3)25/h7-12H,4-6,13-14H2,1-3H3. The third kappa shape index (κ3) is 6.01. The quantitative estimate of drug-likeness (QED) is 0.366. The minimum atomic E-state index is -1.38. The summed E-state index contributed by atoms with van der Waals surface area (Å²) in [6, 6.07) is 9.10. The van der Waals surface area contributed by atoms with Gasteiger partial charge in [0.1, 0.15) is 17.2 Å². The largest absolute Gasteiger partial charge is 0.494 e. The monoisotopic (exact) mass is 394 g/mol. The number of ketones is 1. The first-order chi connectivity index (χ1) is 13.2. The molecule has 0 atom stereocenters. The number of Topliss-reactive ketones (excluding diaryl/α,β-unsaturated/α-hetero) is 1. The van der Waals surface area contributed by atoms with Gasteiger partial charge in [0.15, 0.2) is 17.3 Å². The van der Waals surface area contributed by atoms with E-state index < -0.39 is 28.6 Å². The molecule has 152 valence electrons. The number of carbonyl (C=O) groups excluding carboxylic acids is 1. The minimum Gasteiger partial charge on any atom is -0.494 e. The van der Waals surface area contributed by atoms with Crippen LogP contribution in [0.1, 0.15) is 56.0 Å². The van der Waals surface area contributed by atoms with Gasteiger partial charge in [-0.3, -0.25) is 4.79 Å². The van der Waals surface area contributed by atoms with Gasteiger partial charge in [-0.2, -0.15) is 0 Å². The van der Waals surface area contributed by atoms with E-state index in [2.05, 4.69) is 0 Å². The topological polar surface area (TPSA) is 35.5 Å². The molecule has 0 fully saturated rings. The Morgan fingerprint density at radius 2 is 1.54 bits per heavy atom. The van der Waals surface area contributed by atoms with Crippen LogP contribution in [0, 0.1) is 11.6 Å². The van der Waals surface area contributed by atoms with Crippen molar-refractivity contribution in [3.8, 4) is 11.5 Å². The van der Waals surface area contributed by atoms with Crippen LogP contribution >= 0.6 is 0 Å². The van der Waals surface area contributed by atoms with E-state index in [4.69, 9.17) is 9.47 Å². The van der Waals surface area contributed by atoms with E-state index in [1.807, 2.05) is 0 Å². The maximum absolute atomic E-state index is 14.1. The van der Waals surface area contributed by atoms with E-state index in [0.717, 1.165) is 25.8 Å². The molecule has 3 nitrogen and oxygen atoms in total. The summed E-state index contributed by atoms with van der Waals surface area (Å²) in [5.41, 5.74) is -1.36. The summed E-state index contributed by atoms with van der Waals surface area (Å²) in [4.78, 5) is 11.3. The average molecular weight is 394 g/mol. The summed E-state index contributed by atoms with van der Waals surface area (Å²) in [5, 5.41) is 0. The van der Waals surface area contributed by atoms with Gasteiger partial charge in [-0.25, -0.2) is 13.2 Å². The Labute approximate surface area is 163 Å². The van der Waals surface area contributed by atoms with Crippen molar-refractivity contribution in [2.75, 3.05) is 13.2 Å². The van der Waals surface area contributed by atoms with Gasteiger partial charge in [0.05, 0.1) is 18.8 Å². The SMILES string of the molecule is CC(=O)c1c(F)ccc(OCCCCCOc2ccc(C(C)(C)F)cc2)c1F. The molecule has 2 rings (SSSR count). The zero-order valence-corrected chi connectivity index (χ0v) is 16.4. The molecule has 0 heterocycles. The lowest BCUT2D eigenvalue weighted by Crippen LogP contribution is -2.08. The zero-order valence-electron chi connectivity index (χ0n) is 16.4. The Morgan fingerprint density at radius 3 is 2.11 bits per heavy atom. The van der Waals surface area contributed by atoms with Crippen molar-refractivity contribution in [3.05, 3.63) is 59.2 Å². The summed E-state index contributed by atoms with van der Waals surface area (Å²) in [5.74, 6) is -1.98. The highest BCUT2D eigenvalue weighted by Gasteiger charge is 2.19. The number of hydrogen-bond donors (Lipinski definition) is 0. The first kappa shape index (κ1) is 21.8. The first-order valence-electron chi connectivity index (χ1n) is 9.24. The molecule has 0 amide bonds. The van der Waals surface area contributed by atoms with Crippen molar-refractivity contribution in [1.82, 2.24) is 0 Å². The fourth-order valence-corrected chi connectivity index (χ4v) is 2.67. The van der Waals surface area contributed by atoms with Crippen molar-refractivity contribution in [2.24, 2.45) is 0 Å². The van der Waals surface area contributed by atoms with E-state index >= 15 is 0 Å². The smallest absolute Gasteiger partial charge is 0.178 e. The Kier molecular flexibility index (Phi) is 7.49. The third-order valence-corrected chi connectivity index (χ3v) is 4.26. The van der Waals surface area contributed by atoms with E-state index in [1.165, 1.54) is 19.9 Å². The fraction of sp³-hybridized carbons (Fsp3) is 0.409. The van der Waals surface area contributed by atoms with Crippen LogP contribution < -0.4 is 9.47 Å². The predicted octanol–water partition coefficient (Wildman–Crippen LogP) is 6.00. The van der Waals surface area contributed by atoms with E-state index in [-0.39, 0.29) is 12.4 Å². The lowest BCUT2D eigenvalue weighted by molar-refractivity contribution is 0.100. The molecular weight excluding hydrogens is 369 g/mol. The number of benzene rings is 2. The summed E-state index contributed by atoms with van der Waals surface area (Å²) in [6.07, 6.45) is 2.22. The molecule has 0 aliphatic rings. The van der Waals surface area contributed by atoms with Gasteiger partial charge in [-0.1, -0.05) is 12.1 Å². The van der Waals surface area contributed by atoms with Crippen LogP contribution in [0.5, 0.6) is 11.5 Å². The number of carbonyl (C=O) groups is 1. The normalized spacial score (nSPS) is 11.4. The second-order valence-corrected chi connectivity index (χ2v) is 7.05. The molecule has 0 spiro atoms. The van der Waals surface area contributed by atoms with Crippen molar-refractivity contribution in [3.63, 3.8) is 0 Å². The fourth-order valence-electron chi connectivity index (χ4n) is 2.67. The van der Waals surface area contributed by atoms with E-state index in [0.29, 0.717) is 24.3 Å². The van der Waals surface area contributed by atoms with Crippen LogP contribution in [0.25, 0.3) is 0 Å². The second kappa shape index (κ2) is 9.62. The Hall–Kier alpha value is -2.50. The van der Waals surface area contributed by atoms with Crippen LogP contribution in [0.2, 0.25) is 0 Å². The maximum Gasteiger partial charge on any atom is 0.178 e. The Bertz CT molecular complexity index is 796. The van der Waals surface area contributed by atoms with Crippen molar-refractivity contribution >= 4 is 5.78 Å². The Balaban J connectivity index is 1.69. The number of ether oxygens (including phenoxy) is 2. The molecular formula is C22H25F3O3. The summed E-state index contributed by atoms with van der Waals surface area (Å²) < 4.78 is 52.3. The molecule has 6 heteroatoms. The first-order valence-corrected chi connectivity index (χ1v) is 9.24. The summed E-state index contributed by atoms with van der Waals surface area (Å²) >= 11 is 0. The number of alkyl halides is 1.